The summed E-state index contributed by atoms with van der Waals surface area (Å²) in [5, 5.41) is 20.0. The predicted octanol–water partition coefficient (Wildman–Crippen LogP) is 1.19. The van der Waals surface area contributed by atoms with Crippen LogP contribution in [0.2, 0.25) is 0 Å². The van der Waals surface area contributed by atoms with Crippen LogP contribution in [0.25, 0.3) is 0 Å². The monoisotopic (exact) mass is 328 g/mol. The molecule has 0 saturated carbocycles. The van der Waals surface area contributed by atoms with E-state index in [0.29, 0.717) is 64.0 Å². The molecule has 1 aromatic rings. The topological polar surface area (TPSA) is 86.6 Å². The number of rotatable bonds is 0. The van der Waals surface area contributed by atoms with Crippen molar-refractivity contribution in [3.8, 4) is 11.5 Å². The Morgan fingerprint density at radius 2 is 0.913 bits per heavy atom. The van der Waals surface area contributed by atoms with Gasteiger partial charge in [-0.1, -0.05) is 0 Å². The zero-order chi connectivity index (χ0) is 16.3. The standard InChI is InChI=1S/C16H24O7/c17-15-9-13-11-22-7-5-20-3-1-19-2-4-21-6-8-23-12-14(10-15)16(13)18/h9-10,17-18H,1-8,11-12H2. The maximum atomic E-state index is 10.2. The third-order valence-corrected chi connectivity index (χ3v) is 3.26. The Bertz CT molecular complexity index is 427. The van der Waals surface area contributed by atoms with Crippen molar-refractivity contribution in [2.75, 3.05) is 52.9 Å². The fraction of sp³-hybridized carbons (Fsp3) is 0.625. The van der Waals surface area contributed by atoms with E-state index in [1.165, 1.54) is 12.1 Å². The van der Waals surface area contributed by atoms with Gasteiger partial charge in [-0.3, -0.25) is 0 Å². The van der Waals surface area contributed by atoms with E-state index in [4.69, 9.17) is 23.7 Å². The van der Waals surface area contributed by atoms with Crippen molar-refractivity contribution in [2.24, 2.45) is 0 Å². The number of phenols is 2. The van der Waals surface area contributed by atoms with Crippen molar-refractivity contribution in [3.63, 3.8) is 0 Å². The van der Waals surface area contributed by atoms with Crippen LogP contribution in [0.3, 0.4) is 0 Å². The zero-order valence-electron chi connectivity index (χ0n) is 13.2. The summed E-state index contributed by atoms with van der Waals surface area (Å²) >= 11 is 0. The normalized spacial score (nSPS) is 19.7. The molecule has 1 aliphatic heterocycles. The van der Waals surface area contributed by atoms with E-state index in [-0.39, 0.29) is 24.7 Å². The van der Waals surface area contributed by atoms with Crippen LogP contribution in [0.4, 0.5) is 0 Å². The molecule has 0 saturated heterocycles. The number of hydrogen-bond acceptors (Lipinski definition) is 7. The number of benzene rings is 1. The molecule has 130 valence electrons. The molecular formula is C16H24O7. The molecule has 0 atom stereocenters. The van der Waals surface area contributed by atoms with E-state index in [1.54, 1.807) is 0 Å². The Morgan fingerprint density at radius 3 is 1.30 bits per heavy atom. The Hall–Kier alpha value is -1.38. The minimum atomic E-state index is 0.0686. The zero-order valence-corrected chi connectivity index (χ0v) is 13.2. The largest absolute Gasteiger partial charge is 0.508 e. The average Bonchev–Trinajstić information content (AvgIpc) is 2.53. The lowest BCUT2D eigenvalue weighted by atomic mass is 10.1. The molecule has 2 N–H and O–H groups in total. The molecule has 1 aromatic carbocycles. The lowest BCUT2D eigenvalue weighted by molar-refractivity contribution is -0.0148. The fourth-order valence-corrected chi connectivity index (χ4v) is 2.10. The highest BCUT2D eigenvalue weighted by molar-refractivity contribution is 5.45. The van der Waals surface area contributed by atoms with E-state index >= 15 is 0 Å². The molecular weight excluding hydrogens is 304 g/mol. The van der Waals surface area contributed by atoms with Gasteiger partial charge in [0.05, 0.1) is 66.1 Å². The molecule has 7 heteroatoms. The lowest BCUT2D eigenvalue weighted by Gasteiger charge is -2.13. The Kier molecular flexibility index (Phi) is 8.13. The molecule has 0 spiro atoms. The SMILES string of the molecule is Oc1cc2c(O)c(c1)COCCOCCOCCOCCOC2. The van der Waals surface area contributed by atoms with Gasteiger partial charge in [0.25, 0.3) is 0 Å². The summed E-state index contributed by atoms with van der Waals surface area (Å²) in [4.78, 5) is 0. The van der Waals surface area contributed by atoms with E-state index in [2.05, 4.69) is 0 Å². The fourth-order valence-electron chi connectivity index (χ4n) is 2.10. The molecule has 0 aliphatic carbocycles. The second kappa shape index (κ2) is 10.4. The number of fused-ring (bicyclic) bond motifs is 2. The van der Waals surface area contributed by atoms with Gasteiger partial charge in [0.2, 0.25) is 0 Å². The van der Waals surface area contributed by atoms with Gasteiger partial charge in [-0.2, -0.15) is 0 Å². The van der Waals surface area contributed by atoms with Crippen LogP contribution in [0.15, 0.2) is 12.1 Å². The van der Waals surface area contributed by atoms with Gasteiger partial charge in [0, 0.05) is 11.1 Å². The number of aromatic hydroxyl groups is 2. The smallest absolute Gasteiger partial charge is 0.126 e. The van der Waals surface area contributed by atoms with E-state index < -0.39 is 0 Å². The van der Waals surface area contributed by atoms with Gasteiger partial charge in [-0.25, -0.2) is 0 Å². The van der Waals surface area contributed by atoms with Crippen molar-refractivity contribution in [1.82, 2.24) is 0 Å². The van der Waals surface area contributed by atoms with Crippen LogP contribution >= 0.6 is 0 Å². The molecule has 7 nitrogen and oxygen atoms in total. The van der Waals surface area contributed by atoms with E-state index in [0.717, 1.165) is 0 Å². The number of ether oxygens (including phenoxy) is 5. The summed E-state index contributed by atoms with van der Waals surface area (Å²) in [6.07, 6.45) is 0. The summed E-state index contributed by atoms with van der Waals surface area (Å²) in [5.74, 6) is 0.151. The average molecular weight is 328 g/mol. The molecule has 0 unspecified atom stereocenters. The molecule has 1 heterocycles. The second-order valence-electron chi connectivity index (χ2n) is 5.05. The quantitative estimate of drug-likeness (QED) is 0.692. The minimum absolute atomic E-state index is 0.0686. The summed E-state index contributed by atoms with van der Waals surface area (Å²) in [6, 6.07) is 2.96. The van der Waals surface area contributed by atoms with Gasteiger partial charge < -0.3 is 33.9 Å². The van der Waals surface area contributed by atoms with Crippen LogP contribution < -0.4 is 0 Å². The van der Waals surface area contributed by atoms with Crippen molar-refractivity contribution >= 4 is 0 Å². The van der Waals surface area contributed by atoms with Gasteiger partial charge in [-0.05, 0) is 12.1 Å². The van der Waals surface area contributed by atoms with Crippen LogP contribution in [-0.4, -0.2) is 63.1 Å². The van der Waals surface area contributed by atoms with Gasteiger partial charge in [0.15, 0.2) is 0 Å². The second-order valence-corrected chi connectivity index (χ2v) is 5.05. The molecule has 0 amide bonds. The first-order valence-corrected chi connectivity index (χ1v) is 7.70. The maximum Gasteiger partial charge on any atom is 0.126 e. The molecule has 0 radical (unpaired) electrons. The highest BCUT2D eigenvalue weighted by Gasteiger charge is 2.10. The molecule has 2 rings (SSSR count). The van der Waals surface area contributed by atoms with Gasteiger partial charge in [0.1, 0.15) is 11.5 Å². The van der Waals surface area contributed by atoms with Crippen molar-refractivity contribution in [1.29, 1.82) is 0 Å². The molecule has 2 bridgehead atoms. The molecule has 0 aromatic heterocycles. The highest BCUT2D eigenvalue weighted by Crippen LogP contribution is 2.29. The summed E-state index contributed by atoms with van der Waals surface area (Å²) < 4.78 is 27.0. The number of phenolic OH excluding ortho intramolecular Hbond substituents is 2. The maximum absolute atomic E-state index is 10.2. The first-order valence-electron chi connectivity index (χ1n) is 7.70. The van der Waals surface area contributed by atoms with Crippen LogP contribution in [0, 0.1) is 0 Å². The third-order valence-electron chi connectivity index (χ3n) is 3.26. The summed E-state index contributed by atoms with van der Waals surface area (Å²) in [6.45, 7) is 4.06. The minimum Gasteiger partial charge on any atom is -0.508 e. The highest BCUT2D eigenvalue weighted by atomic mass is 16.6. The first kappa shape index (κ1) is 18.0. The van der Waals surface area contributed by atoms with Crippen LogP contribution in [0.5, 0.6) is 11.5 Å². The predicted molar refractivity (Wildman–Crippen MR) is 81.5 cm³/mol. The Labute approximate surface area is 135 Å². The lowest BCUT2D eigenvalue weighted by Crippen LogP contribution is -2.13. The molecule has 1 aliphatic rings. The van der Waals surface area contributed by atoms with Gasteiger partial charge in [-0.15, -0.1) is 0 Å². The van der Waals surface area contributed by atoms with Crippen LogP contribution in [0.1, 0.15) is 11.1 Å². The Balaban J connectivity index is 1.93. The van der Waals surface area contributed by atoms with E-state index in [1.807, 2.05) is 0 Å². The van der Waals surface area contributed by atoms with Gasteiger partial charge >= 0.3 is 0 Å². The summed E-state index contributed by atoms with van der Waals surface area (Å²) in [7, 11) is 0. The first-order chi connectivity index (χ1) is 11.3. The van der Waals surface area contributed by atoms with Crippen LogP contribution in [-0.2, 0) is 36.9 Å². The molecule has 23 heavy (non-hydrogen) atoms. The Morgan fingerprint density at radius 1 is 0.565 bits per heavy atom. The van der Waals surface area contributed by atoms with Crippen molar-refractivity contribution in [3.05, 3.63) is 23.3 Å². The van der Waals surface area contributed by atoms with E-state index in [9.17, 15) is 10.2 Å². The van der Waals surface area contributed by atoms with Crippen molar-refractivity contribution < 1.29 is 33.9 Å². The number of hydrogen-bond donors (Lipinski definition) is 2. The summed E-state index contributed by atoms with van der Waals surface area (Å²) in [5.41, 5.74) is 1.04. The van der Waals surface area contributed by atoms with Crippen molar-refractivity contribution in [2.45, 2.75) is 13.2 Å². The molecule has 0 fully saturated rings. The third kappa shape index (κ3) is 6.72.